The summed E-state index contributed by atoms with van der Waals surface area (Å²) in [5.41, 5.74) is 0. The minimum atomic E-state index is -0.309. The van der Waals surface area contributed by atoms with Crippen LogP contribution in [0.2, 0.25) is 0 Å². The predicted octanol–water partition coefficient (Wildman–Crippen LogP) is 2.89. The first-order valence-electron chi connectivity index (χ1n) is 7.73. The quantitative estimate of drug-likeness (QED) is 0.793. The first-order chi connectivity index (χ1) is 11.6. The average Bonchev–Trinajstić information content (AvgIpc) is 2.61. The molecule has 0 N–H and O–H groups in total. The molecule has 24 heavy (non-hydrogen) atoms. The van der Waals surface area contributed by atoms with E-state index in [2.05, 4.69) is 35.8 Å². The molecule has 0 saturated carbocycles. The maximum Gasteiger partial charge on any atom is 0.218 e. The van der Waals surface area contributed by atoms with E-state index in [0.29, 0.717) is 22.7 Å². The van der Waals surface area contributed by atoms with Crippen molar-refractivity contribution in [3.63, 3.8) is 0 Å². The molecule has 128 valence electrons. The van der Waals surface area contributed by atoms with E-state index in [0.717, 1.165) is 25.2 Å². The number of halogens is 2. The summed E-state index contributed by atoms with van der Waals surface area (Å²) in [6.45, 7) is 1.48. The maximum absolute atomic E-state index is 14.2. The molecule has 0 bridgehead atoms. The van der Waals surface area contributed by atoms with Crippen molar-refractivity contribution >= 4 is 27.6 Å². The lowest BCUT2D eigenvalue weighted by Gasteiger charge is -2.38. The molecule has 2 aromatic rings. The summed E-state index contributed by atoms with van der Waals surface area (Å²) in [5.74, 6) is 1.41. The normalized spacial score (nSPS) is 17.7. The number of piperidine rings is 1. The van der Waals surface area contributed by atoms with Gasteiger partial charge in [-0.25, -0.2) is 19.3 Å². The molecule has 1 fully saturated rings. The number of pyridine rings is 1. The van der Waals surface area contributed by atoms with Crippen LogP contribution in [0.1, 0.15) is 12.8 Å². The van der Waals surface area contributed by atoms with Crippen LogP contribution in [-0.2, 0) is 0 Å². The highest BCUT2D eigenvalue weighted by Crippen LogP contribution is 2.26. The number of likely N-dealkylation sites (N-methyl/N-ethyl adjacent to an activating group) is 1. The smallest absolute Gasteiger partial charge is 0.218 e. The molecule has 0 aromatic carbocycles. The summed E-state index contributed by atoms with van der Waals surface area (Å²) < 4.78 is 20.0. The SMILES string of the molecule is COc1cc(N(C)C2CCCN(c3ncc(Br)cc3F)C2)ncn1. The van der Waals surface area contributed by atoms with Crippen molar-refractivity contribution in [2.45, 2.75) is 18.9 Å². The van der Waals surface area contributed by atoms with E-state index in [1.807, 2.05) is 11.9 Å². The fraction of sp³-hybridized carbons (Fsp3) is 0.438. The van der Waals surface area contributed by atoms with Gasteiger partial charge in [0.25, 0.3) is 0 Å². The Bertz CT molecular complexity index is 717. The summed E-state index contributed by atoms with van der Waals surface area (Å²) in [7, 11) is 3.57. The molecular weight excluding hydrogens is 377 g/mol. The molecule has 1 saturated heterocycles. The number of ether oxygens (including phenoxy) is 1. The van der Waals surface area contributed by atoms with Crippen molar-refractivity contribution in [2.75, 3.05) is 37.0 Å². The second-order valence-electron chi connectivity index (χ2n) is 5.73. The zero-order valence-corrected chi connectivity index (χ0v) is 15.2. The minimum Gasteiger partial charge on any atom is -0.481 e. The summed E-state index contributed by atoms with van der Waals surface area (Å²) in [5, 5.41) is 0. The van der Waals surface area contributed by atoms with Crippen molar-refractivity contribution in [3.8, 4) is 5.88 Å². The van der Waals surface area contributed by atoms with Gasteiger partial charge in [-0.15, -0.1) is 0 Å². The van der Waals surface area contributed by atoms with Gasteiger partial charge >= 0.3 is 0 Å². The zero-order valence-electron chi connectivity index (χ0n) is 13.6. The maximum atomic E-state index is 14.2. The van der Waals surface area contributed by atoms with E-state index in [1.54, 1.807) is 19.4 Å². The van der Waals surface area contributed by atoms with Crippen molar-refractivity contribution < 1.29 is 9.13 Å². The minimum absolute atomic E-state index is 0.211. The molecule has 2 aromatic heterocycles. The number of nitrogens with zero attached hydrogens (tertiary/aromatic N) is 5. The molecule has 6 nitrogen and oxygen atoms in total. The van der Waals surface area contributed by atoms with Crippen molar-refractivity contribution in [1.29, 1.82) is 0 Å². The van der Waals surface area contributed by atoms with E-state index in [9.17, 15) is 4.39 Å². The lowest BCUT2D eigenvalue weighted by atomic mass is 10.0. The van der Waals surface area contributed by atoms with Gasteiger partial charge in [0.05, 0.1) is 7.11 Å². The lowest BCUT2D eigenvalue weighted by molar-refractivity contribution is 0.396. The average molecular weight is 396 g/mol. The van der Waals surface area contributed by atoms with Gasteiger partial charge in [-0.1, -0.05) is 0 Å². The fourth-order valence-electron chi connectivity index (χ4n) is 2.92. The van der Waals surface area contributed by atoms with Gasteiger partial charge in [0.1, 0.15) is 12.1 Å². The van der Waals surface area contributed by atoms with Crippen LogP contribution in [0.3, 0.4) is 0 Å². The van der Waals surface area contributed by atoms with Crippen LogP contribution in [0.25, 0.3) is 0 Å². The third-order valence-electron chi connectivity index (χ3n) is 4.23. The Morgan fingerprint density at radius 1 is 1.33 bits per heavy atom. The van der Waals surface area contributed by atoms with E-state index in [-0.39, 0.29) is 11.9 Å². The number of aromatic nitrogens is 3. The molecule has 1 atom stereocenters. The van der Waals surface area contributed by atoms with Gasteiger partial charge in [-0.3, -0.25) is 0 Å². The topological polar surface area (TPSA) is 54.4 Å². The Kier molecular flexibility index (Phi) is 5.13. The highest BCUT2D eigenvalue weighted by Gasteiger charge is 2.26. The highest BCUT2D eigenvalue weighted by atomic mass is 79.9. The van der Waals surface area contributed by atoms with Crippen LogP contribution < -0.4 is 14.5 Å². The highest BCUT2D eigenvalue weighted by molar-refractivity contribution is 9.10. The Hall–Kier alpha value is -1.96. The van der Waals surface area contributed by atoms with Gasteiger partial charge in [0.2, 0.25) is 5.88 Å². The van der Waals surface area contributed by atoms with Gasteiger partial charge in [0, 0.05) is 42.9 Å². The number of rotatable bonds is 4. The van der Waals surface area contributed by atoms with Crippen LogP contribution in [0.4, 0.5) is 16.0 Å². The summed E-state index contributed by atoms with van der Waals surface area (Å²) >= 11 is 3.24. The number of hydrogen-bond acceptors (Lipinski definition) is 6. The second kappa shape index (κ2) is 7.29. The van der Waals surface area contributed by atoms with Crippen molar-refractivity contribution in [2.24, 2.45) is 0 Å². The van der Waals surface area contributed by atoms with Crippen molar-refractivity contribution in [1.82, 2.24) is 15.0 Å². The number of hydrogen-bond donors (Lipinski definition) is 0. The fourth-order valence-corrected chi connectivity index (χ4v) is 3.23. The molecule has 0 aliphatic carbocycles. The summed E-state index contributed by atoms with van der Waals surface area (Å²) in [6.07, 6.45) is 5.09. The predicted molar refractivity (Wildman–Crippen MR) is 94.1 cm³/mol. The molecule has 0 spiro atoms. The Morgan fingerprint density at radius 2 is 2.17 bits per heavy atom. The molecular formula is C16H19BrFN5O. The second-order valence-corrected chi connectivity index (χ2v) is 6.65. The first kappa shape index (κ1) is 16.9. The third kappa shape index (κ3) is 3.58. The van der Waals surface area contributed by atoms with Gasteiger partial charge in [-0.05, 0) is 34.8 Å². The van der Waals surface area contributed by atoms with E-state index >= 15 is 0 Å². The van der Waals surface area contributed by atoms with Crippen LogP contribution in [0.15, 0.2) is 29.1 Å². The van der Waals surface area contributed by atoms with Gasteiger partial charge in [-0.2, -0.15) is 0 Å². The number of anilines is 2. The Balaban J connectivity index is 1.77. The Morgan fingerprint density at radius 3 is 2.92 bits per heavy atom. The molecule has 1 unspecified atom stereocenters. The third-order valence-corrected chi connectivity index (χ3v) is 4.66. The molecule has 3 rings (SSSR count). The molecule has 3 heterocycles. The van der Waals surface area contributed by atoms with E-state index in [1.165, 1.54) is 12.4 Å². The van der Waals surface area contributed by atoms with Gasteiger partial charge in [0.15, 0.2) is 11.6 Å². The van der Waals surface area contributed by atoms with Crippen LogP contribution in [-0.4, -0.2) is 48.2 Å². The molecule has 0 amide bonds. The van der Waals surface area contributed by atoms with Crippen LogP contribution in [0.5, 0.6) is 5.88 Å². The summed E-state index contributed by atoms with van der Waals surface area (Å²) in [6, 6.07) is 3.46. The molecule has 1 aliphatic rings. The Labute approximate surface area is 148 Å². The van der Waals surface area contributed by atoms with Gasteiger partial charge < -0.3 is 14.5 Å². The lowest BCUT2D eigenvalue weighted by Crippen LogP contribution is -2.47. The molecule has 0 radical (unpaired) electrons. The van der Waals surface area contributed by atoms with E-state index < -0.39 is 0 Å². The van der Waals surface area contributed by atoms with Crippen molar-refractivity contribution in [3.05, 3.63) is 34.9 Å². The summed E-state index contributed by atoms with van der Waals surface area (Å²) in [4.78, 5) is 16.7. The molecule has 8 heteroatoms. The van der Waals surface area contributed by atoms with Crippen LogP contribution >= 0.6 is 15.9 Å². The molecule has 1 aliphatic heterocycles. The van der Waals surface area contributed by atoms with Crippen LogP contribution in [0, 0.1) is 5.82 Å². The zero-order chi connectivity index (χ0) is 17.1. The van der Waals surface area contributed by atoms with E-state index in [4.69, 9.17) is 4.74 Å². The first-order valence-corrected chi connectivity index (χ1v) is 8.52. The largest absolute Gasteiger partial charge is 0.481 e. The number of methoxy groups -OCH3 is 1. The standard InChI is InChI=1S/C16H19BrFN5O/c1-22(14-7-15(24-2)21-10-20-14)12-4-3-5-23(9-12)16-13(18)6-11(17)8-19-16/h6-8,10,12H,3-5,9H2,1-2H3. The monoisotopic (exact) mass is 395 g/mol.